The summed E-state index contributed by atoms with van der Waals surface area (Å²) in [6.45, 7) is 10.6. The number of ether oxygens (including phenoxy) is 2. The predicted molar refractivity (Wildman–Crippen MR) is 97.6 cm³/mol. The molecule has 2 heterocycles. The van der Waals surface area contributed by atoms with Gasteiger partial charge in [-0.15, -0.1) is 0 Å². The van der Waals surface area contributed by atoms with Gasteiger partial charge in [-0.3, -0.25) is 14.6 Å². The number of anilines is 1. The van der Waals surface area contributed by atoms with Gasteiger partial charge in [-0.2, -0.15) is 0 Å². The maximum atomic E-state index is 12.3. The molecule has 0 unspecified atom stereocenters. The minimum absolute atomic E-state index is 0.0298. The fourth-order valence-corrected chi connectivity index (χ4v) is 3.53. The number of nitrogens with one attached hydrogen (secondary N) is 1. The maximum absolute atomic E-state index is 12.3. The third-order valence-corrected chi connectivity index (χ3v) is 4.61. The molecule has 0 aliphatic carbocycles. The Morgan fingerprint density at radius 2 is 1.72 bits per heavy atom. The molecule has 3 rings (SSSR count). The lowest BCUT2D eigenvalue weighted by Crippen LogP contribution is -2.48. The molecule has 0 bridgehead atoms. The Balaban J connectivity index is 1.46. The number of nitrogens with zero attached hydrogens (tertiary/aromatic N) is 2. The Labute approximate surface area is 150 Å². The standard InChI is InChI=1S/C19H29N3O3/c1-15-11-22(12-16(2)25-15)14-19(23)20-18-5-3-17(4-6-18)13-21-7-9-24-10-8-21/h3-6,15-16H,7-14H2,1-2H3,(H,20,23)/t15-,16-/m1/s1. The molecule has 25 heavy (non-hydrogen) atoms. The van der Waals surface area contributed by atoms with Crippen molar-refractivity contribution >= 4 is 11.6 Å². The van der Waals surface area contributed by atoms with Crippen LogP contribution in [0, 0.1) is 0 Å². The van der Waals surface area contributed by atoms with Gasteiger partial charge in [-0.25, -0.2) is 0 Å². The van der Waals surface area contributed by atoms with Gasteiger partial charge in [-0.1, -0.05) is 12.1 Å². The molecule has 2 aliphatic heterocycles. The van der Waals surface area contributed by atoms with Gasteiger partial charge in [0.1, 0.15) is 0 Å². The Morgan fingerprint density at radius 3 is 2.36 bits per heavy atom. The number of hydrogen-bond acceptors (Lipinski definition) is 5. The molecule has 2 fully saturated rings. The summed E-state index contributed by atoms with van der Waals surface area (Å²) < 4.78 is 11.1. The number of morpholine rings is 2. The van der Waals surface area contributed by atoms with Gasteiger partial charge in [0.25, 0.3) is 0 Å². The molecular formula is C19H29N3O3. The molecule has 6 heteroatoms. The van der Waals surface area contributed by atoms with Crippen molar-refractivity contribution in [1.82, 2.24) is 9.80 Å². The molecule has 1 N–H and O–H groups in total. The maximum Gasteiger partial charge on any atom is 0.238 e. The molecule has 0 spiro atoms. The highest BCUT2D eigenvalue weighted by Gasteiger charge is 2.23. The smallest absolute Gasteiger partial charge is 0.238 e. The van der Waals surface area contributed by atoms with Crippen LogP contribution in [0.1, 0.15) is 19.4 Å². The van der Waals surface area contributed by atoms with Crippen molar-refractivity contribution in [3.63, 3.8) is 0 Å². The molecule has 1 aromatic carbocycles. The van der Waals surface area contributed by atoms with E-state index in [1.54, 1.807) is 0 Å². The first-order valence-electron chi connectivity index (χ1n) is 9.15. The minimum atomic E-state index is 0.0298. The van der Waals surface area contributed by atoms with Gasteiger partial charge in [0.05, 0.1) is 32.0 Å². The Hall–Kier alpha value is -1.47. The normalized spacial score (nSPS) is 25.7. The summed E-state index contributed by atoms with van der Waals surface area (Å²) in [7, 11) is 0. The fourth-order valence-electron chi connectivity index (χ4n) is 3.53. The van der Waals surface area contributed by atoms with Gasteiger partial charge in [0, 0.05) is 38.4 Å². The summed E-state index contributed by atoms with van der Waals surface area (Å²) in [5.41, 5.74) is 2.11. The largest absolute Gasteiger partial charge is 0.379 e. The zero-order valence-electron chi connectivity index (χ0n) is 15.2. The second kappa shape index (κ2) is 8.76. The van der Waals surface area contributed by atoms with E-state index in [-0.39, 0.29) is 18.1 Å². The van der Waals surface area contributed by atoms with Crippen molar-refractivity contribution in [2.75, 3.05) is 51.3 Å². The van der Waals surface area contributed by atoms with E-state index in [4.69, 9.17) is 9.47 Å². The number of rotatable bonds is 5. The number of benzene rings is 1. The van der Waals surface area contributed by atoms with Crippen LogP contribution in [-0.4, -0.2) is 73.9 Å². The Bertz CT molecular complexity index is 548. The highest BCUT2D eigenvalue weighted by Crippen LogP contribution is 2.14. The number of amides is 1. The van der Waals surface area contributed by atoms with Crippen molar-refractivity contribution in [1.29, 1.82) is 0 Å². The van der Waals surface area contributed by atoms with Crippen LogP contribution in [0.15, 0.2) is 24.3 Å². The van der Waals surface area contributed by atoms with Gasteiger partial charge in [0.2, 0.25) is 5.91 Å². The van der Waals surface area contributed by atoms with E-state index in [1.165, 1.54) is 5.56 Å². The lowest BCUT2D eigenvalue weighted by Gasteiger charge is -2.34. The number of carbonyl (C=O) groups is 1. The third kappa shape index (κ3) is 5.78. The zero-order chi connectivity index (χ0) is 17.6. The number of carbonyl (C=O) groups excluding carboxylic acids is 1. The molecule has 0 radical (unpaired) electrons. The predicted octanol–water partition coefficient (Wildman–Crippen LogP) is 1.57. The molecule has 1 amide bonds. The summed E-state index contributed by atoms with van der Waals surface area (Å²) in [6.07, 6.45) is 0.354. The van der Waals surface area contributed by atoms with Crippen molar-refractivity contribution in [2.45, 2.75) is 32.6 Å². The first-order valence-corrected chi connectivity index (χ1v) is 9.15. The lowest BCUT2D eigenvalue weighted by molar-refractivity contribution is -0.121. The van der Waals surface area contributed by atoms with Crippen LogP contribution in [0.5, 0.6) is 0 Å². The van der Waals surface area contributed by atoms with E-state index in [9.17, 15) is 4.79 Å². The summed E-state index contributed by atoms with van der Waals surface area (Å²) in [6, 6.07) is 8.14. The van der Waals surface area contributed by atoms with Crippen LogP contribution < -0.4 is 5.32 Å². The quantitative estimate of drug-likeness (QED) is 0.876. The topological polar surface area (TPSA) is 54.0 Å². The van der Waals surface area contributed by atoms with Gasteiger partial charge in [0.15, 0.2) is 0 Å². The molecule has 2 aliphatic rings. The van der Waals surface area contributed by atoms with Crippen molar-refractivity contribution in [3.8, 4) is 0 Å². The van der Waals surface area contributed by atoms with Crippen LogP contribution in [0.3, 0.4) is 0 Å². The molecular weight excluding hydrogens is 318 g/mol. The average Bonchev–Trinajstić information content (AvgIpc) is 2.56. The second-order valence-corrected chi connectivity index (χ2v) is 7.09. The molecule has 6 nitrogen and oxygen atoms in total. The summed E-state index contributed by atoms with van der Waals surface area (Å²) in [5.74, 6) is 0.0298. The molecule has 1 aromatic rings. The molecule has 2 atom stereocenters. The van der Waals surface area contributed by atoms with E-state index in [0.717, 1.165) is 51.6 Å². The van der Waals surface area contributed by atoms with Crippen LogP contribution in [-0.2, 0) is 20.8 Å². The molecule has 0 saturated carbocycles. The highest BCUT2D eigenvalue weighted by molar-refractivity contribution is 5.92. The van der Waals surface area contributed by atoms with E-state index < -0.39 is 0 Å². The second-order valence-electron chi connectivity index (χ2n) is 7.09. The molecule has 2 saturated heterocycles. The zero-order valence-corrected chi connectivity index (χ0v) is 15.2. The summed E-state index contributed by atoms with van der Waals surface area (Å²) in [5, 5.41) is 2.99. The monoisotopic (exact) mass is 347 g/mol. The van der Waals surface area contributed by atoms with Crippen LogP contribution in [0.25, 0.3) is 0 Å². The Kier molecular flexibility index (Phi) is 6.42. The summed E-state index contributed by atoms with van der Waals surface area (Å²) >= 11 is 0. The van der Waals surface area contributed by atoms with E-state index in [0.29, 0.717) is 6.54 Å². The van der Waals surface area contributed by atoms with E-state index >= 15 is 0 Å². The van der Waals surface area contributed by atoms with Crippen molar-refractivity contribution < 1.29 is 14.3 Å². The van der Waals surface area contributed by atoms with Gasteiger partial charge < -0.3 is 14.8 Å². The molecule has 0 aromatic heterocycles. The van der Waals surface area contributed by atoms with Crippen molar-refractivity contribution in [2.24, 2.45) is 0 Å². The van der Waals surface area contributed by atoms with Gasteiger partial charge >= 0.3 is 0 Å². The SMILES string of the molecule is C[C@@H]1CN(CC(=O)Nc2ccc(CN3CCOCC3)cc2)C[C@@H](C)O1. The summed E-state index contributed by atoms with van der Waals surface area (Å²) in [4.78, 5) is 16.8. The minimum Gasteiger partial charge on any atom is -0.379 e. The van der Waals surface area contributed by atoms with Gasteiger partial charge in [-0.05, 0) is 31.5 Å². The molecule has 138 valence electrons. The van der Waals surface area contributed by atoms with E-state index in [1.807, 2.05) is 26.0 Å². The average molecular weight is 347 g/mol. The third-order valence-electron chi connectivity index (χ3n) is 4.61. The first-order chi connectivity index (χ1) is 12.1. The number of hydrogen-bond donors (Lipinski definition) is 1. The van der Waals surface area contributed by atoms with E-state index in [2.05, 4.69) is 27.2 Å². The van der Waals surface area contributed by atoms with Crippen LogP contribution in [0.2, 0.25) is 0 Å². The van der Waals surface area contributed by atoms with Crippen LogP contribution >= 0.6 is 0 Å². The Morgan fingerprint density at radius 1 is 1.08 bits per heavy atom. The lowest BCUT2D eigenvalue weighted by atomic mass is 10.2. The first kappa shape index (κ1) is 18.3. The fraction of sp³-hybridized carbons (Fsp3) is 0.632. The van der Waals surface area contributed by atoms with Crippen LogP contribution in [0.4, 0.5) is 5.69 Å². The highest BCUT2D eigenvalue weighted by atomic mass is 16.5. The van der Waals surface area contributed by atoms with Crippen molar-refractivity contribution in [3.05, 3.63) is 29.8 Å².